The lowest BCUT2D eigenvalue weighted by Crippen LogP contribution is -2.63. The molecule has 1 aliphatic carbocycles. The average molecular weight is 167 g/mol. The lowest BCUT2D eigenvalue weighted by molar-refractivity contribution is 0.0487. The minimum absolute atomic E-state index is 0.745. The van der Waals surface area contributed by atoms with E-state index in [0.29, 0.717) is 0 Å². The predicted octanol–water partition coefficient (Wildman–Crippen LogP) is 2.56. The van der Waals surface area contributed by atoms with Crippen molar-refractivity contribution in [2.24, 2.45) is 11.3 Å². The van der Waals surface area contributed by atoms with Crippen LogP contribution in [0.25, 0.3) is 0 Å². The van der Waals surface area contributed by atoms with Gasteiger partial charge in [-0.25, -0.2) is 0 Å². The fraction of sp³-hybridized carbons (Fsp3) is 1.00. The molecule has 1 saturated carbocycles. The van der Waals surface area contributed by atoms with Crippen LogP contribution in [-0.2, 0) is 0 Å². The molecule has 1 aliphatic heterocycles. The smallest absolute Gasteiger partial charge is 0.0161 e. The SMILES string of the molecule is CCC(C)C1NCC12CCCC2. The molecular weight excluding hydrogens is 146 g/mol. The largest absolute Gasteiger partial charge is 0.312 e. The molecule has 1 heterocycles. The highest BCUT2D eigenvalue weighted by Gasteiger charge is 2.49. The van der Waals surface area contributed by atoms with E-state index in [2.05, 4.69) is 19.2 Å². The molecule has 0 aromatic carbocycles. The van der Waals surface area contributed by atoms with Crippen molar-refractivity contribution in [2.75, 3.05) is 6.54 Å². The standard InChI is InChI=1S/C11H21N/c1-3-9(2)10-11(8-12-10)6-4-5-7-11/h9-10,12H,3-8H2,1-2H3. The van der Waals surface area contributed by atoms with Crippen LogP contribution in [0.4, 0.5) is 0 Å². The molecule has 2 unspecified atom stereocenters. The van der Waals surface area contributed by atoms with Gasteiger partial charge in [0.25, 0.3) is 0 Å². The summed E-state index contributed by atoms with van der Waals surface area (Å²) in [5, 5.41) is 3.63. The maximum absolute atomic E-state index is 3.63. The van der Waals surface area contributed by atoms with Gasteiger partial charge in [-0.05, 0) is 24.2 Å². The van der Waals surface area contributed by atoms with E-state index < -0.39 is 0 Å². The monoisotopic (exact) mass is 167 g/mol. The minimum Gasteiger partial charge on any atom is -0.312 e. The Morgan fingerprint density at radius 2 is 2.08 bits per heavy atom. The molecule has 2 rings (SSSR count). The van der Waals surface area contributed by atoms with Crippen molar-refractivity contribution in [1.82, 2.24) is 5.32 Å². The Morgan fingerprint density at radius 3 is 2.50 bits per heavy atom. The normalized spacial score (nSPS) is 35.0. The third-order valence-corrected chi connectivity index (χ3v) is 4.15. The fourth-order valence-corrected chi connectivity index (χ4v) is 3.12. The van der Waals surface area contributed by atoms with E-state index in [1.165, 1.54) is 38.6 Å². The first kappa shape index (κ1) is 8.55. The molecule has 2 fully saturated rings. The molecule has 70 valence electrons. The van der Waals surface area contributed by atoms with Crippen molar-refractivity contribution in [3.8, 4) is 0 Å². The van der Waals surface area contributed by atoms with E-state index in [0.717, 1.165) is 17.4 Å². The van der Waals surface area contributed by atoms with Crippen molar-refractivity contribution in [3.05, 3.63) is 0 Å². The van der Waals surface area contributed by atoms with E-state index >= 15 is 0 Å². The van der Waals surface area contributed by atoms with Crippen LogP contribution in [0.3, 0.4) is 0 Å². The third-order valence-electron chi connectivity index (χ3n) is 4.15. The summed E-state index contributed by atoms with van der Waals surface area (Å²) in [4.78, 5) is 0. The van der Waals surface area contributed by atoms with Gasteiger partial charge in [-0.2, -0.15) is 0 Å². The van der Waals surface area contributed by atoms with Crippen LogP contribution in [0.5, 0.6) is 0 Å². The summed E-state index contributed by atoms with van der Waals surface area (Å²) in [6.45, 7) is 6.02. The van der Waals surface area contributed by atoms with Gasteiger partial charge >= 0.3 is 0 Å². The summed E-state index contributed by atoms with van der Waals surface area (Å²) in [6, 6.07) is 0.852. The van der Waals surface area contributed by atoms with Gasteiger partial charge in [0, 0.05) is 12.6 Å². The minimum atomic E-state index is 0.745. The number of rotatable bonds is 2. The molecule has 1 nitrogen and oxygen atoms in total. The van der Waals surface area contributed by atoms with Crippen LogP contribution >= 0.6 is 0 Å². The second-order valence-electron chi connectivity index (χ2n) is 4.81. The lowest BCUT2D eigenvalue weighted by atomic mass is 9.67. The molecule has 12 heavy (non-hydrogen) atoms. The number of nitrogens with one attached hydrogen (secondary N) is 1. The van der Waals surface area contributed by atoms with Gasteiger partial charge < -0.3 is 5.32 Å². The molecule has 0 aromatic heterocycles. The maximum Gasteiger partial charge on any atom is 0.0161 e. The maximum atomic E-state index is 3.63. The van der Waals surface area contributed by atoms with Crippen LogP contribution < -0.4 is 5.32 Å². The summed E-state index contributed by atoms with van der Waals surface area (Å²) in [5.74, 6) is 0.886. The first-order chi connectivity index (χ1) is 5.78. The van der Waals surface area contributed by atoms with Crippen molar-refractivity contribution in [3.63, 3.8) is 0 Å². The predicted molar refractivity (Wildman–Crippen MR) is 52.1 cm³/mol. The van der Waals surface area contributed by atoms with E-state index in [1.807, 2.05) is 0 Å². The van der Waals surface area contributed by atoms with Gasteiger partial charge in [-0.15, -0.1) is 0 Å². The summed E-state index contributed by atoms with van der Waals surface area (Å²) in [5.41, 5.74) is 0.745. The summed E-state index contributed by atoms with van der Waals surface area (Å²) < 4.78 is 0. The zero-order valence-corrected chi connectivity index (χ0v) is 8.40. The molecule has 2 aliphatic rings. The van der Waals surface area contributed by atoms with Crippen LogP contribution in [0.15, 0.2) is 0 Å². The van der Waals surface area contributed by atoms with E-state index in [-0.39, 0.29) is 0 Å². The first-order valence-electron chi connectivity index (χ1n) is 5.52. The summed E-state index contributed by atoms with van der Waals surface area (Å²) in [6.07, 6.45) is 7.28. The highest BCUT2D eigenvalue weighted by molar-refractivity contribution is 5.05. The van der Waals surface area contributed by atoms with Gasteiger partial charge in [-0.3, -0.25) is 0 Å². The van der Waals surface area contributed by atoms with Crippen molar-refractivity contribution in [2.45, 2.75) is 52.0 Å². The highest BCUT2D eigenvalue weighted by Crippen LogP contribution is 2.48. The lowest BCUT2D eigenvalue weighted by Gasteiger charge is -2.51. The zero-order valence-electron chi connectivity index (χ0n) is 8.40. The summed E-state index contributed by atoms with van der Waals surface area (Å²) >= 11 is 0. The van der Waals surface area contributed by atoms with Crippen molar-refractivity contribution >= 4 is 0 Å². The number of hydrogen-bond acceptors (Lipinski definition) is 1. The first-order valence-corrected chi connectivity index (χ1v) is 5.52. The van der Waals surface area contributed by atoms with Crippen LogP contribution in [0.2, 0.25) is 0 Å². The Hall–Kier alpha value is -0.0400. The van der Waals surface area contributed by atoms with E-state index in [4.69, 9.17) is 0 Å². The van der Waals surface area contributed by atoms with E-state index in [1.54, 1.807) is 0 Å². The molecule has 1 heteroatoms. The third kappa shape index (κ3) is 1.10. The number of hydrogen-bond donors (Lipinski definition) is 1. The second-order valence-corrected chi connectivity index (χ2v) is 4.81. The quantitative estimate of drug-likeness (QED) is 0.666. The molecule has 1 spiro atoms. The Morgan fingerprint density at radius 1 is 1.42 bits per heavy atom. The van der Waals surface area contributed by atoms with Gasteiger partial charge in [0.2, 0.25) is 0 Å². The van der Waals surface area contributed by atoms with Gasteiger partial charge in [0.15, 0.2) is 0 Å². The van der Waals surface area contributed by atoms with Gasteiger partial charge in [-0.1, -0.05) is 33.1 Å². The Balaban J connectivity index is 1.99. The molecule has 1 saturated heterocycles. The fourth-order valence-electron chi connectivity index (χ4n) is 3.12. The van der Waals surface area contributed by atoms with Crippen LogP contribution in [0, 0.1) is 11.3 Å². The average Bonchev–Trinajstić information content (AvgIpc) is 2.52. The molecule has 0 aromatic rings. The van der Waals surface area contributed by atoms with Gasteiger partial charge in [0.1, 0.15) is 0 Å². The molecule has 2 atom stereocenters. The van der Waals surface area contributed by atoms with Crippen LogP contribution in [0.1, 0.15) is 46.0 Å². The van der Waals surface area contributed by atoms with Crippen molar-refractivity contribution in [1.29, 1.82) is 0 Å². The Labute approximate surface area is 75.9 Å². The highest BCUT2D eigenvalue weighted by atomic mass is 15.1. The second kappa shape index (κ2) is 3.02. The van der Waals surface area contributed by atoms with E-state index in [9.17, 15) is 0 Å². The molecule has 0 amide bonds. The molecule has 1 N–H and O–H groups in total. The Bertz CT molecular complexity index is 158. The molecule has 0 bridgehead atoms. The molecule has 0 radical (unpaired) electrons. The van der Waals surface area contributed by atoms with Gasteiger partial charge in [0.05, 0.1) is 0 Å². The topological polar surface area (TPSA) is 12.0 Å². The van der Waals surface area contributed by atoms with Crippen molar-refractivity contribution < 1.29 is 0 Å². The summed E-state index contributed by atoms with van der Waals surface area (Å²) in [7, 11) is 0. The zero-order chi connectivity index (χ0) is 8.60. The van der Waals surface area contributed by atoms with Crippen LogP contribution in [-0.4, -0.2) is 12.6 Å². The Kier molecular flexibility index (Phi) is 2.16. The molecular formula is C11H21N.